The molecule has 3 aromatic rings. The van der Waals surface area contributed by atoms with Gasteiger partial charge in [-0.2, -0.15) is 0 Å². The number of nitrogens with zero attached hydrogens (tertiary/aromatic N) is 1. The molecule has 0 N–H and O–H groups in total. The quantitative estimate of drug-likeness (QED) is 0.622. The van der Waals surface area contributed by atoms with E-state index in [1.807, 2.05) is 71.6 Å². The lowest BCUT2D eigenvalue weighted by Crippen LogP contribution is -2.42. The van der Waals surface area contributed by atoms with Crippen LogP contribution in [0.15, 0.2) is 66.7 Å². The second-order valence-corrected chi connectivity index (χ2v) is 7.52. The van der Waals surface area contributed by atoms with Gasteiger partial charge in [0, 0.05) is 12.1 Å². The van der Waals surface area contributed by atoms with Crippen LogP contribution in [0.3, 0.4) is 0 Å². The van der Waals surface area contributed by atoms with E-state index in [-0.39, 0.29) is 18.7 Å². The summed E-state index contributed by atoms with van der Waals surface area (Å²) in [5.41, 5.74) is 2.86. The lowest BCUT2D eigenvalue weighted by Gasteiger charge is -2.37. The molecule has 2 aliphatic rings. The monoisotopic (exact) mass is 417 g/mol. The van der Waals surface area contributed by atoms with Crippen LogP contribution in [-0.4, -0.2) is 37.9 Å². The van der Waals surface area contributed by atoms with E-state index in [0.29, 0.717) is 24.5 Å². The van der Waals surface area contributed by atoms with E-state index in [1.165, 1.54) is 0 Å². The topological polar surface area (TPSA) is 57.2 Å². The number of amides is 1. The Morgan fingerprint density at radius 2 is 1.71 bits per heavy atom. The zero-order chi connectivity index (χ0) is 21.2. The number of methoxy groups -OCH3 is 1. The van der Waals surface area contributed by atoms with Crippen molar-refractivity contribution in [3.8, 4) is 23.0 Å². The number of carbonyl (C=O) groups excluding carboxylic acids is 1. The smallest absolute Gasteiger partial charge is 0.254 e. The van der Waals surface area contributed by atoms with Gasteiger partial charge in [0.25, 0.3) is 5.91 Å². The van der Waals surface area contributed by atoms with Gasteiger partial charge < -0.3 is 23.8 Å². The predicted octanol–water partition coefficient (Wildman–Crippen LogP) is 4.24. The number of benzene rings is 3. The van der Waals surface area contributed by atoms with Crippen molar-refractivity contribution in [2.75, 3.05) is 27.1 Å². The lowest BCUT2D eigenvalue weighted by atomic mass is 9.91. The average Bonchev–Trinajstić information content (AvgIpc) is 3.29. The second-order valence-electron chi connectivity index (χ2n) is 7.52. The van der Waals surface area contributed by atoms with Gasteiger partial charge in [-0.05, 0) is 66.1 Å². The average molecular weight is 417 g/mol. The van der Waals surface area contributed by atoms with E-state index in [0.717, 1.165) is 34.8 Å². The normalized spacial score (nSPS) is 16.5. The Morgan fingerprint density at radius 3 is 2.45 bits per heavy atom. The largest absolute Gasteiger partial charge is 0.497 e. The molecule has 6 nitrogen and oxygen atoms in total. The minimum Gasteiger partial charge on any atom is -0.497 e. The molecular formula is C25H23NO5. The molecule has 2 aliphatic heterocycles. The van der Waals surface area contributed by atoms with Crippen LogP contribution in [0, 0.1) is 0 Å². The highest BCUT2D eigenvalue weighted by Crippen LogP contribution is 2.41. The van der Waals surface area contributed by atoms with E-state index in [2.05, 4.69) is 0 Å². The highest BCUT2D eigenvalue weighted by atomic mass is 16.7. The van der Waals surface area contributed by atoms with Crippen molar-refractivity contribution in [3.05, 3.63) is 83.4 Å². The maximum Gasteiger partial charge on any atom is 0.254 e. The fourth-order valence-electron chi connectivity index (χ4n) is 4.11. The molecule has 0 saturated carbocycles. The third-order valence-electron chi connectivity index (χ3n) is 5.74. The summed E-state index contributed by atoms with van der Waals surface area (Å²) >= 11 is 0. The van der Waals surface area contributed by atoms with E-state index in [9.17, 15) is 4.79 Å². The molecule has 0 saturated heterocycles. The van der Waals surface area contributed by atoms with Gasteiger partial charge >= 0.3 is 0 Å². The molecule has 0 radical (unpaired) electrons. The molecule has 0 bridgehead atoms. The number of carbonyl (C=O) groups is 1. The van der Waals surface area contributed by atoms with Crippen molar-refractivity contribution in [1.29, 1.82) is 0 Å². The van der Waals surface area contributed by atoms with Gasteiger partial charge in [0.1, 0.15) is 18.1 Å². The Morgan fingerprint density at radius 1 is 1.00 bits per heavy atom. The van der Waals surface area contributed by atoms with Gasteiger partial charge in [0.2, 0.25) is 6.79 Å². The van der Waals surface area contributed by atoms with Gasteiger partial charge in [-0.15, -0.1) is 0 Å². The summed E-state index contributed by atoms with van der Waals surface area (Å²) in [6.07, 6.45) is 0.754. The minimum atomic E-state index is -0.243. The summed E-state index contributed by atoms with van der Waals surface area (Å²) < 4.78 is 22.5. The van der Waals surface area contributed by atoms with Crippen LogP contribution < -0.4 is 18.9 Å². The molecule has 6 heteroatoms. The van der Waals surface area contributed by atoms with Gasteiger partial charge in [-0.3, -0.25) is 4.79 Å². The summed E-state index contributed by atoms with van der Waals surface area (Å²) in [5.74, 6) is 2.95. The Bertz CT molecular complexity index is 1080. The molecule has 0 fully saturated rings. The molecule has 0 aromatic heterocycles. The van der Waals surface area contributed by atoms with Crippen LogP contribution in [0.2, 0.25) is 0 Å². The minimum absolute atomic E-state index is 0.00718. The third kappa shape index (κ3) is 3.77. The molecule has 0 spiro atoms. The second kappa shape index (κ2) is 8.22. The number of hydrogen-bond donors (Lipinski definition) is 0. The van der Waals surface area contributed by atoms with Crippen LogP contribution in [0.1, 0.15) is 27.5 Å². The summed E-state index contributed by atoms with van der Waals surface area (Å²) in [6, 6.07) is 20.6. The summed E-state index contributed by atoms with van der Waals surface area (Å²) in [5, 5.41) is 0. The van der Waals surface area contributed by atoms with Crippen LogP contribution in [0.4, 0.5) is 0 Å². The van der Waals surface area contributed by atoms with E-state index in [4.69, 9.17) is 18.9 Å². The zero-order valence-corrected chi connectivity index (χ0v) is 17.2. The highest BCUT2D eigenvalue weighted by molar-refractivity contribution is 5.94. The van der Waals surface area contributed by atoms with E-state index in [1.54, 1.807) is 7.11 Å². The maximum atomic E-state index is 13.3. The summed E-state index contributed by atoms with van der Waals surface area (Å²) in [7, 11) is 1.63. The molecule has 31 heavy (non-hydrogen) atoms. The van der Waals surface area contributed by atoms with Crippen molar-refractivity contribution < 1.29 is 23.7 Å². The Labute approximate surface area is 180 Å². The molecule has 1 amide bonds. The van der Waals surface area contributed by atoms with Crippen LogP contribution in [-0.2, 0) is 6.42 Å². The van der Waals surface area contributed by atoms with Gasteiger partial charge in [0.15, 0.2) is 11.5 Å². The highest BCUT2D eigenvalue weighted by Gasteiger charge is 2.34. The Balaban J connectivity index is 1.46. The Hall–Kier alpha value is -3.67. The number of rotatable bonds is 5. The predicted molar refractivity (Wildman–Crippen MR) is 115 cm³/mol. The van der Waals surface area contributed by atoms with Crippen LogP contribution >= 0.6 is 0 Å². The van der Waals surface area contributed by atoms with Gasteiger partial charge in [-0.1, -0.05) is 18.2 Å². The molecule has 0 aliphatic carbocycles. The van der Waals surface area contributed by atoms with Crippen molar-refractivity contribution in [1.82, 2.24) is 4.90 Å². The van der Waals surface area contributed by atoms with Crippen molar-refractivity contribution >= 4 is 5.91 Å². The standard InChI is InChI=1S/C25H23NO5/c1-28-19-7-9-20(10-8-19)29-15-22-21-14-24-23(30-16-31-24)13-18(21)11-12-26(22)25(27)17-5-3-2-4-6-17/h2-10,13-14,22H,11-12,15-16H2,1H3. The SMILES string of the molecule is COc1ccc(OCC2c3cc4c(cc3CCN2C(=O)c2ccccc2)OCO4)cc1. The first-order valence-corrected chi connectivity index (χ1v) is 10.3. The number of hydrogen-bond acceptors (Lipinski definition) is 5. The fourth-order valence-corrected chi connectivity index (χ4v) is 4.11. The first kappa shape index (κ1) is 19.3. The van der Waals surface area contributed by atoms with Gasteiger partial charge in [0.05, 0.1) is 13.2 Å². The van der Waals surface area contributed by atoms with Crippen LogP contribution in [0.5, 0.6) is 23.0 Å². The summed E-state index contributed by atoms with van der Waals surface area (Å²) in [6.45, 7) is 1.16. The molecule has 1 atom stereocenters. The lowest BCUT2D eigenvalue weighted by molar-refractivity contribution is 0.0589. The summed E-state index contributed by atoms with van der Waals surface area (Å²) in [4.78, 5) is 15.2. The molecule has 2 heterocycles. The first-order valence-electron chi connectivity index (χ1n) is 10.3. The van der Waals surface area contributed by atoms with E-state index >= 15 is 0 Å². The third-order valence-corrected chi connectivity index (χ3v) is 5.74. The molecular weight excluding hydrogens is 394 g/mol. The first-order chi connectivity index (χ1) is 15.2. The van der Waals surface area contributed by atoms with Crippen molar-refractivity contribution in [2.45, 2.75) is 12.5 Å². The molecule has 1 unspecified atom stereocenters. The van der Waals surface area contributed by atoms with Gasteiger partial charge in [-0.25, -0.2) is 0 Å². The molecule has 158 valence electrons. The van der Waals surface area contributed by atoms with Crippen molar-refractivity contribution in [3.63, 3.8) is 0 Å². The fraction of sp³-hybridized carbons (Fsp3) is 0.240. The zero-order valence-electron chi connectivity index (χ0n) is 17.2. The number of fused-ring (bicyclic) bond motifs is 2. The van der Waals surface area contributed by atoms with E-state index < -0.39 is 0 Å². The molecule has 5 rings (SSSR count). The Kier molecular flexibility index (Phi) is 5.12. The van der Waals surface area contributed by atoms with Crippen LogP contribution in [0.25, 0.3) is 0 Å². The molecule has 3 aromatic carbocycles. The number of ether oxygens (including phenoxy) is 4. The maximum absolute atomic E-state index is 13.3. The van der Waals surface area contributed by atoms with Crippen molar-refractivity contribution in [2.24, 2.45) is 0 Å².